The third-order valence-corrected chi connectivity index (χ3v) is 2.37. The summed E-state index contributed by atoms with van der Waals surface area (Å²) in [6, 6.07) is 0.488. The predicted octanol–water partition coefficient (Wildman–Crippen LogP) is 1.82. The van der Waals surface area contributed by atoms with Gasteiger partial charge in [-0.2, -0.15) is 0 Å². The van der Waals surface area contributed by atoms with Crippen LogP contribution in [0.5, 0.6) is 0 Å². The van der Waals surface area contributed by atoms with E-state index in [1.54, 1.807) is 14.2 Å². The first kappa shape index (κ1) is 13.9. The minimum atomic E-state index is -0.0341. The highest BCUT2D eigenvalue weighted by atomic mass is 16.5. The van der Waals surface area contributed by atoms with E-state index in [1.807, 2.05) is 0 Å². The molecule has 0 aliphatic rings. The van der Waals surface area contributed by atoms with E-state index in [4.69, 9.17) is 9.47 Å². The smallest absolute Gasteiger partial charge is 0.0637 e. The highest BCUT2D eigenvalue weighted by Crippen LogP contribution is 2.15. The second-order valence-corrected chi connectivity index (χ2v) is 4.37. The summed E-state index contributed by atoms with van der Waals surface area (Å²) >= 11 is 0. The standard InChI is InChI=1S/C11H25NO2/c1-10(9-11(2,3)14-5)12-7-6-8-13-4/h10,12H,6-9H2,1-5H3. The van der Waals surface area contributed by atoms with Crippen molar-refractivity contribution >= 4 is 0 Å². The fourth-order valence-corrected chi connectivity index (χ4v) is 1.46. The van der Waals surface area contributed by atoms with E-state index in [0.29, 0.717) is 6.04 Å². The van der Waals surface area contributed by atoms with Crippen molar-refractivity contribution < 1.29 is 9.47 Å². The maximum Gasteiger partial charge on any atom is 0.0637 e. The largest absolute Gasteiger partial charge is 0.385 e. The molecular weight excluding hydrogens is 178 g/mol. The number of nitrogens with one attached hydrogen (secondary N) is 1. The van der Waals surface area contributed by atoms with Crippen molar-refractivity contribution in [3.05, 3.63) is 0 Å². The van der Waals surface area contributed by atoms with Crippen LogP contribution in [-0.2, 0) is 9.47 Å². The van der Waals surface area contributed by atoms with Crippen molar-refractivity contribution in [1.29, 1.82) is 0 Å². The molecule has 1 atom stereocenters. The minimum absolute atomic E-state index is 0.0341. The van der Waals surface area contributed by atoms with E-state index in [2.05, 4.69) is 26.1 Å². The summed E-state index contributed by atoms with van der Waals surface area (Å²) in [6.45, 7) is 8.25. The molecule has 0 radical (unpaired) electrons. The van der Waals surface area contributed by atoms with Crippen LogP contribution in [-0.4, -0.2) is 39.0 Å². The minimum Gasteiger partial charge on any atom is -0.385 e. The molecule has 86 valence electrons. The molecule has 1 N–H and O–H groups in total. The van der Waals surface area contributed by atoms with Gasteiger partial charge in [-0.3, -0.25) is 0 Å². The van der Waals surface area contributed by atoms with E-state index in [1.165, 1.54) is 0 Å². The van der Waals surface area contributed by atoms with Gasteiger partial charge in [0.05, 0.1) is 5.60 Å². The molecule has 0 aromatic rings. The Morgan fingerprint density at radius 3 is 2.43 bits per heavy atom. The van der Waals surface area contributed by atoms with Crippen molar-refractivity contribution in [1.82, 2.24) is 5.32 Å². The second-order valence-electron chi connectivity index (χ2n) is 4.37. The van der Waals surface area contributed by atoms with Crippen LogP contribution in [0.4, 0.5) is 0 Å². The summed E-state index contributed by atoms with van der Waals surface area (Å²) in [6.07, 6.45) is 2.09. The van der Waals surface area contributed by atoms with Crippen LogP contribution in [0, 0.1) is 0 Å². The number of hydrogen-bond acceptors (Lipinski definition) is 3. The van der Waals surface area contributed by atoms with Crippen LogP contribution < -0.4 is 5.32 Å². The molecule has 0 heterocycles. The molecule has 0 aliphatic heterocycles. The Balaban J connectivity index is 3.49. The van der Waals surface area contributed by atoms with Crippen LogP contribution in [0.25, 0.3) is 0 Å². The predicted molar refractivity (Wildman–Crippen MR) is 59.7 cm³/mol. The number of methoxy groups -OCH3 is 2. The van der Waals surface area contributed by atoms with Gasteiger partial charge in [0.2, 0.25) is 0 Å². The zero-order valence-corrected chi connectivity index (χ0v) is 10.2. The lowest BCUT2D eigenvalue weighted by Gasteiger charge is -2.27. The average molecular weight is 203 g/mol. The summed E-state index contributed by atoms with van der Waals surface area (Å²) in [5, 5.41) is 3.45. The molecule has 0 aliphatic carbocycles. The molecule has 14 heavy (non-hydrogen) atoms. The molecule has 0 amide bonds. The Hall–Kier alpha value is -0.120. The van der Waals surface area contributed by atoms with Gasteiger partial charge in [0, 0.05) is 26.9 Å². The van der Waals surface area contributed by atoms with Gasteiger partial charge >= 0.3 is 0 Å². The molecule has 0 aromatic heterocycles. The second kappa shape index (κ2) is 7.21. The number of hydrogen-bond donors (Lipinski definition) is 1. The lowest BCUT2D eigenvalue weighted by atomic mass is 10.00. The van der Waals surface area contributed by atoms with Gasteiger partial charge in [-0.05, 0) is 40.2 Å². The molecule has 3 heteroatoms. The average Bonchev–Trinajstić information content (AvgIpc) is 2.12. The zero-order valence-electron chi connectivity index (χ0n) is 10.2. The lowest BCUT2D eigenvalue weighted by Crippen LogP contribution is -2.36. The van der Waals surface area contributed by atoms with Gasteiger partial charge in [0.1, 0.15) is 0 Å². The first-order valence-electron chi connectivity index (χ1n) is 5.29. The van der Waals surface area contributed by atoms with E-state index >= 15 is 0 Å². The van der Waals surface area contributed by atoms with Gasteiger partial charge in [-0.25, -0.2) is 0 Å². The van der Waals surface area contributed by atoms with E-state index in [-0.39, 0.29) is 5.60 Å². The summed E-state index contributed by atoms with van der Waals surface area (Å²) in [7, 11) is 3.50. The highest BCUT2D eigenvalue weighted by Gasteiger charge is 2.19. The summed E-state index contributed by atoms with van der Waals surface area (Å²) in [4.78, 5) is 0. The van der Waals surface area contributed by atoms with Crippen molar-refractivity contribution in [3.63, 3.8) is 0 Å². The maximum atomic E-state index is 5.37. The zero-order chi connectivity index (χ0) is 11.0. The quantitative estimate of drug-likeness (QED) is 0.610. The molecule has 0 aromatic carbocycles. The molecular formula is C11H25NO2. The van der Waals surface area contributed by atoms with Gasteiger partial charge in [0.25, 0.3) is 0 Å². The first-order chi connectivity index (χ1) is 6.52. The Labute approximate surface area is 88.2 Å². The molecule has 0 spiro atoms. The summed E-state index contributed by atoms with van der Waals surface area (Å²) in [5.74, 6) is 0. The van der Waals surface area contributed by atoms with Gasteiger partial charge < -0.3 is 14.8 Å². The Bertz CT molecular complexity index is 137. The summed E-state index contributed by atoms with van der Waals surface area (Å²) in [5.41, 5.74) is -0.0341. The molecule has 0 fully saturated rings. The molecule has 0 bridgehead atoms. The monoisotopic (exact) mass is 203 g/mol. The molecule has 3 nitrogen and oxygen atoms in total. The van der Waals surface area contributed by atoms with Crippen molar-refractivity contribution in [2.24, 2.45) is 0 Å². The maximum absolute atomic E-state index is 5.37. The fourth-order valence-electron chi connectivity index (χ4n) is 1.46. The Morgan fingerprint density at radius 2 is 1.93 bits per heavy atom. The number of ether oxygens (including phenoxy) is 2. The normalized spacial score (nSPS) is 14.4. The topological polar surface area (TPSA) is 30.5 Å². The summed E-state index contributed by atoms with van der Waals surface area (Å²) < 4.78 is 10.4. The number of rotatable bonds is 8. The lowest BCUT2D eigenvalue weighted by molar-refractivity contribution is 0.00849. The van der Waals surface area contributed by atoms with E-state index in [0.717, 1.165) is 26.0 Å². The molecule has 0 rings (SSSR count). The molecule has 1 unspecified atom stereocenters. The Morgan fingerprint density at radius 1 is 1.29 bits per heavy atom. The van der Waals surface area contributed by atoms with Crippen LogP contribution in [0.15, 0.2) is 0 Å². The third kappa shape index (κ3) is 7.30. The van der Waals surface area contributed by atoms with Crippen LogP contribution in [0.2, 0.25) is 0 Å². The molecule has 0 saturated carbocycles. The van der Waals surface area contributed by atoms with Crippen LogP contribution >= 0.6 is 0 Å². The van der Waals surface area contributed by atoms with Crippen molar-refractivity contribution in [2.75, 3.05) is 27.4 Å². The van der Waals surface area contributed by atoms with Crippen LogP contribution in [0.1, 0.15) is 33.6 Å². The van der Waals surface area contributed by atoms with E-state index < -0.39 is 0 Å². The fraction of sp³-hybridized carbons (Fsp3) is 1.00. The highest BCUT2D eigenvalue weighted by molar-refractivity contribution is 4.75. The molecule has 0 saturated heterocycles. The van der Waals surface area contributed by atoms with Gasteiger partial charge in [0.15, 0.2) is 0 Å². The van der Waals surface area contributed by atoms with Gasteiger partial charge in [-0.1, -0.05) is 0 Å². The van der Waals surface area contributed by atoms with Crippen LogP contribution in [0.3, 0.4) is 0 Å². The Kier molecular flexibility index (Phi) is 7.15. The van der Waals surface area contributed by atoms with Gasteiger partial charge in [-0.15, -0.1) is 0 Å². The first-order valence-corrected chi connectivity index (χ1v) is 5.29. The van der Waals surface area contributed by atoms with Crippen molar-refractivity contribution in [3.8, 4) is 0 Å². The van der Waals surface area contributed by atoms with Crippen molar-refractivity contribution in [2.45, 2.75) is 45.3 Å². The van der Waals surface area contributed by atoms with E-state index in [9.17, 15) is 0 Å². The SMILES string of the molecule is COCCCNC(C)CC(C)(C)OC. The third-order valence-electron chi connectivity index (χ3n) is 2.37.